The van der Waals surface area contributed by atoms with E-state index < -0.39 is 20.0 Å². The predicted molar refractivity (Wildman–Crippen MR) is 270 cm³/mol. The van der Waals surface area contributed by atoms with E-state index in [0.717, 1.165) is 57.8 Å². The van der Waals surface area contributed by atoms with Gasteiger partial charge in [-0.2, -0.15) is 0 Å². The van der Waals surface area contributed by atoms with Crippen LogP contribution in [0.15, 0.2) is 60.8 Å². The molecule has 0 aromatic heterocycles. The van der Waals surface area contributed by atoms with Crippen LogP contribution in [0.4, 0.5) is 0 Å². The Morgan fingerprint density at radius 1 is 0.571 bits per heavy atom. The molecular formula is C54H101N2O6P. The van der Waals surface area contributed by atoms with Crippen molar-refractivity contribution in [2.45, 2.75) is 238 Å². The predicted octanol–water partition coefficient (Wildman–Crippen LogP) is 14.7. The molecule has 0 bridgehead atoms. The van der Waals surface area contributed by atoms with Gasteiger partial charge in [-0.15, -0.1) is 0 Å². The lowest BCUT2D eigenvalue weighted by Gasteiger charge is -2.30. The van der Waals surface area contributed by atoms with Gasteiger partial charge in [-0.05, 0) is 51.4 Å². The van der Waals surface area contributed by atoms with Crippen molar-refractivity contribution >= 4 is 13.7 Å². The largest absolute Gasteiger partial charge is 0.756 e. The standard InChI is InChI=1S/C54H101N2O6P/c1-6-8-10-12-14-16-18-20-22-24-25-26-27-28-29-30-32-33-35-37-39-41-43-45-47-53(57)52(51-62-63(59,60)61-50-49-56(3,4)5)55-54(58)48-46-44-42-40-38-36-34-31-23-21-19-17-15-13-11-9-7-2/h9,11,15,17,21,23,34,36,40,42,52-53,57H,6-8,10,12-14,16,18-20,22,24-33,35,37-39,41,43-51H2,1-5H3,(H-,55,58,59,60)/b11-9-,17-15-,23-21-,36-34-,42-40-. The van der Waals surface area contributed by atoms with E-state index in [1.54, 1.807) is 0 Å². The minimum absolute atomic E-state index is 0.000799. The monoisotopic (exact) mass is 905 g/mol. The van der Waals surface area contributed by atoms with Crippen LogP contribution in [0.3, 0.4) is 0 Å². The molecule has 1 amide bonds. The normalized spacial score (nSPS) is 14.6. The van der Waals surface area contributed by atoms with E-state index in [2.05, 4.69) is 79.9 Å². The molecule has 3 unspecified atom stereocenters. The van der Waals surface area contributed by atoms with E-state index in [4.69, 9.17) is 9.05 Å². The third-order valence-corrected chi connectivity index (χ3v) is 12.5. The highest BCUT2D eigenvalue weighted by atomic mass is 31.2. The van der Waals surface area contributed by atoms with Gasteiger partial charge in [0.05, 0.1) is 39.9 Å². The summed E-state index contributed by atoms with van der Waals surface area (Å²) in [4.78, 5) is 25.4. The summed E-state index contributed by atoms with van der Waals surface area (Å²) in [5.41, 5.74) is 0. The van der Waals surface area contributed by atoms with Crippen LogP contribution in [0.25, 0.3) is 0 Å². The van der Waals surface area contributed by atoms with E-state index in [0.29, 0.717) is 23.9 Å². The van der Waals surface area contributed by atoms with Crippen molar-refractivity contribution < 1.29 is 32.9 Å². The summed E-state index contributed by atoms with van der Waals surface area (Å²) in [6.45, 7) is 4.57. The topological polar surface area (TPSA) is 108 Å². The number of carbonyl (C=O) groups excluding carboxylic acids is 1. The Morgan fingerprint density at radius 2 is 0.952 bits per heavy atom. The first-order chi connectivity index (χ1) is 30.5. The van der Waals surface area contributed by atoms with Gasteiger partial charge in [0.2, 0.25) is 5.91 Å². The van der Waals surface area contributed by atoms with Crippen LogP contribution in [-0.4, -0.2) is 68.5 Å². The molecular weight excluding hydrogens is 804 g/mol. The van der Waals surface area contributed by atoms with Crippen molar-refractivity contribution in [1.29, 1.82) is 0 Å². The summed E-state index contributed by atoms with van der Waals surface area (Å²) in [6.07, 6.45) is 59.7. The fourth-order valence-corrected chi connectivity index (χ4v) is 8.15. The van der Waals surface area contributed by atoms with Gasteiger partial charge in [-0.25, -0.2) is 0 Å². The second-order valence-corrected chi connectivity index (χ2v) is 20.3. The molecule has 0 spiro atoms. The Kier molecular flexibility index (Phi) is 44.1. The zero-order valence-corrected chi connectivity index (χ0v) is 42.7. The van der Waals surface area contributed by atoms with E-state index in [1.165, 1.54) is 135 Å². The summed E-state index contributed by atoms with van der Waals surface area (Å²) in [6, 6.07) is -0.833. The molecule has 63 heavy (non-hydrogen) atoms. The third-order valence-electron chi connectivity index (χ3n) is 11.5. The molecule has 0 aliphatic rings. The molecule has 0 radical (unpaired) electrons. The van der Waals surface area contributed by atoms with Crippen LogP contribution in [-0.2, 0) is 18.4 Å². The number of phosphoric acid groups is 1. The van der Waals surface area contributed by atoms with E-state index >= 15 is 0 Å². The van der Waals surface area contributed by atoms with Gasteiger partial charge >= 0.3 is 0 Å². The van der Waals surface area contributed by atoms with E-state index in [-0.39, 0.29) is 25.5 Å². The van der Waals surface area contributed by atoms with Crippen LogP contribution in [0.2, 0.25) is 0 Å². The number of amides is 1. The first-order valence-corrected chi connectivity index (χ1v) is 27.6. The summed E-state index contributed by atoms with van der Waals surface area (Å²) in [5, 5.41) is 13.9. The molecule has 3 atom stereocenters. The second-order valence-electron chi connectivity index (χ2n) is 18.9. The van der Waals surface area contributed by atoms with Crippen molar-refractivity contribution in [1.82, 2.24) is 5.32 Å². The highest BCUT2D eigenvalue weighted by molar-refractivity contribution is 7.45. The molecule has 0 heterocycles. The molecule has 0 aromatic rings. The zero-order chi connectivity index (χ0) is 46.4. The fourth-order valence-electron chi connectivity index (χ4n) is 7.43. The quantitative estimate of drug-likeness (QED) is 0.0273. The van der Waals surface area contributed by atoms with Crippen LogP contribution in [0.5, 0.6) is 0 Å². The van der Waals surface area contributed by atoms with Crippen LogP contribution in [0.1, 0.15) is 226 Å². The minimum Gasteiger partial charge on any atom is -0.756 e. The number of likely N-dealkylation sites (N-methyl/N-ethyl adjacent to an activating group) is 1. The highest BCUT2D eigenvalue weighted by Crippen LogP contribution is 2.38. The number of unbranched alkanes of at least 4 members (excludes halogenated alkanes) is 24. The van der Waals surface area contributed by atoms with Crippen molar-refractivity contribution in [3.05, 3.63) is 60.8 Å². The van der Waals surface area contributed by atoms with Gasteiger partial charge in [-0.1, -0.05) is 229 Å². The maximum Gasteiger partial charge on any atom is 0.268 e. The van der Waals surface area contributed by atoms with Crippen molar-refractivity contribution in [2.75, 3.05) is 40.9 Å². The number of hydrogen-bond acceptors (Lipinski definition) is 6. The number of aliphatic hydroxyl groups is 1. The molecule has 0 aromatic carbocycles. The maximum absolute atomic E-state index is 12.9. The summed E-state index contributed by atoms with van der Waals surface area (Å²) >= 11 is 0. The second kappa shape index (κ2) is 45.4. The number of nitrogens with one attached hydrogen (secondary N) is 1. The first-order valence-electron chi connectivity index (χ1n) is 26.1. The number of aliphatic hydroxyl groups excluding tert-OH is 1. The average Bonchev–Trinajstić information content (AvgIpc) is 3.24. The van der Waals surface area contributed by atoms with Crippen molar-refractivity contribution in [3.8, 4) is 0 Å². The summed E-state index contributed by atoms with van der Waals surface area (Å²) < 4.78 is 23.3. The lowest BCUT2D eigenvalue weighted by molar-refractivity contribution is -0.870. The average molecular weight is 905 g/mol. The molecule has 9 heteroatoms. The Morgan fingerprint density at radius 3 is 1.35 bits per heavy atom. The Hall–Kier alpha value is -1.80. The molecule has 0 aliphatic heterocycles. The number of allylic oxidation sites excluding steroid dienone is 10. The lowest BCUT2D eigenvalue weighted by atomic mass is 10.0. The van der Waals surface area contributed by atoms with Gasteiger partial charge in [-0.3, -0.25) is 9.36 Å². The SMILES string of the molecule is CC/C=C\C/C=C\C/C=C\C/C=C\C/C=C\CCCC(=O)NC(COP(=O)([O-])OCC[N+](C)(C)C)C(O)CCCCCCCCCCCCCCCCCCCCCCCCCC. The number of rotatable bonds is 47. The minimum atomic E-state index is -4.59. The molecule has 0 saturated heterocycles. The van der Waals surface area contributed by atoms with Crippen LogP contribution >= 0.6 is 7.82 Å². The Labute approximate surface area is 390 Å². The molecule has 0 aliphatic carbocycles. The zero-order valence-electron chi connectivity index (χ0n) is 41.8. The van der Waals surface area contributed by atoms with E-state index in [9.17, 15) is 19.4 Å². The molecule has 0 saturated carbocycles. The lowest BCUT2D eigenvalue weighted by Crippen LogP contribution is -2.46. The molecule has 368 valence electrons. The molecule has 0 rings (SSSR count). The fraction of sp³-hybridized carbons (Fsp3) is 0.796. The Balaban J connectivity index is 4.29. The number of carbonyl (C=O) groups is 1. The smallest absolute Gasteiger partial charge is 0.268 e. The number of quaternary nitrogens is 1. The van der Waals surface area contributed by atoms with Crippen LogP contribution < -0.4 is 10.2 Å². The molecule has 8 nitrogen and oxygen atoms in total. The van der Waals surface area contributed by atoms with Crippen molar-refractivity contribution in [3.63, 3.8) is 0 Å². The van der Waals surface area contributed by atoms with E-state index in [1.807, 2.05) is 21.1 Å². The van der Waals surface area contributed by atoms with Crippen LogP contribution in [0, 0.1) is 0 Å². The van der Waals surface area contributed by atoms with Gasteiger partial charge in [0.15, 0.2) is 0 Å². The Bertz CT molecular complexity index is 1210. The highest BCUT2D eigenvalue weighted by Gasteiger charge is 2.24. The summed E-state index contributed by atoms with van der Waals surface area (Å²) in [5.74, 6) is -0.221. The number of nitrogens with zero attached hydrogens (tertiary/aromatic N) is 1. The third kappa shape index (κ3) is 48.0. The maximum atomic E-state index is 12.9. The first kappa shape index (κ1) is 61.2. The molecule has 0 fully saturated rings. The van der Waals surface area contributed by atoms with Gasteiger partial charge < -0.3 is 28.8 Å². The van der Waals surface area contributed by atoms with Gasteiger partial charge in [0.1, 0.15) is 13.2 Å². The number of hydrogen-bond donors (Lipinski definition) is 2. The van der Waals surface area contributed by atoms with Gasteiger partial charge in [0.25, 0.3) is 7.82 Å². The van der Waals surface area contributed by atoms with Crippen molar-refractivity contribution in [2.24, 2.45) is 0 Å². The van der Waals surface area contributed by atoms with Gasteiger partial charge in [0, 0.05) is 6.42 Å². The number of phosphoric ester groups is 1. The summed E-state index contributed by atoms with van der Waals surface area (Å²) in [7, 11) is 1.26. The molecule has 2 N–H and O–H groups in total.